The maximum absolute atomic E-state index is 13.5. The van der Waals surface area contributed by atoms with Gasteiger partial charge in [-0.05, 0) is 28.1 Å². The van der Waals surface area contributed by atoms with Crippen LogP contribution < -0.4 is 4.90 Å². The third-order valence-corrected chi connectivity index (χ3v) is 3.83. The summed E-state index contributed by atoms with van der Waals surface area (Å²) in [6.07, 6.45) is -0.0687. The molecule has 1 saturated heterocycles. The fourth-order valence-corrected chi connectivity index (χ4v) is 2.53. The normalized spacial score (nSPS) is 18.0. The van der Waals surface area contributed by atoms with E-state index < -0.39 is 29.6 Å². The Labute approximate surface area is 127 Å². The first-order valence-corrected chi connectivity index (χ1v) is 6.75. The van der Waals surface area contributed by atoms with Crippen molar-refractivity contribution in [2.45, 2.75) is 6.42 Å². The second kappa shape index (κ2) is 5.80. The van der Waals surface area contributed by atoms with Crippen molar-refractivity contribution in [2.24, 2.45) is 5.92 Å². The largest absolute Gasteiger partial charge is 0.478 e. The number of nitrogens with zero attached hydrogens (tertiary/aromatic N) is 1. The van der Waals surface area contributed by atoms with Gasteiger partial charge in [-0.2, -0.15) is 0 Å². The van der Waals surface area contributed by atoms with Crippen LogP contribution in [-0.2, 0) is 14.3 Å². The van der Waals surface area contributed by atoms with E-state index in [9.17, 15) is 18.8 Å². The maximum Gasteiger partial charge on any atom is 0.337 e. The fraction of sp³-hybridized carbons (Fsp3) is 0.308. The zero-order chi connectivity index (χ0) is 15.7. The fourth-order valence-electron chi connectivity index (χ4n) is 2.20. The predicted octanol–water partition coefficient (Wildman–Crippen LogP) is 1.81. The highest BCUT2D eigenvalue weighted by Gasteiger charge is 2.37. The number of carbonyl (C=O) groups excluding carboxylic acids is 2. The zero-order valence-electron chi connectivity index (χ0n) is 10.9. The second-order valence-electron chi connectivity index (χ2n) is 4.52. The molecule has 0 saturated carbocycles. The second-order valence-corrected chi connectivity index (χ2v) is 5.37. The molecule has 1 aromatic carbocycles. The molecular weight excluding hydrogens is 349 g/mol. The van der Waals surface area contributed by atoms with Gasteiger partial charge in [0.15, 0.2) is 0 Å². The highest BCUT2D eigenvalue weighted by Crippen LogP contribution is 2.32. The Morgan fingerprint density at radius 2 is 2.14 bits per heavy atom. The summed E-state index contributed by atoms with van der Waals surface area (Å²) in [5.74, 6) is -3.71. The molecule has 1 atom stereocenters. The molecule has 1 aromatic rings. The first kappa shape index (κ1) is 15.4. The van der Waals surface area contributed by atoms with Crippen molar-refractivity contribution in [3.63, 3.8) is 0 Å². The van der Waals surface area contributed by atoms with Crippen molar-refractivity contribution in [1.29, 1.82) is 0 Å². The molecular formula is C13H11BrFNO5. The number of methoxy groups -OCH3 is 1. The number of hydrogen-bond donors (Lipinski definition) is 1. The Hall–Kier alpha value is -1.96. The molecule has 1 fully saturated rings. The molecule has 2 rings (SSSR count). The van der Waals surface area contributed by atoms with E-state index in [4.69, 9.17) is 5.11 Å². The average molecular weight is 360 g/mol. The molecule has 8 heteroatoms. The molecule has 0 radical (unpaired) electrons. The monoisotopic (exact) mass is 359 g/mol. The maximum atomic E-state index is 13.5. The summed E-state index contributed by atoms with van der Waals surface area (Å²) in [5, 5.41) is 9.14. The van der Waals surface area contributed by atoms with E-state index >= 15 is 0 Å². The van der Waals surface area contributed by atoms with Gasteiger partial charge in [-0.15, -0.1) is 0 Å². The van der Waals surface area contributed by atoms with Crippen molar-refractivity contribution >= 4 is 39.5 Å². The van der Waals surface area contributed by atoms with Gasteiger partial charge in [-0.25, -0.2) is 9.18 Å². The van der Waals surface area contributed by atoms with Gasteiger partial charge < -0.3 is 14.7 Å². The highest BCUT2D eigenvalue weighted by molar-refractivity contribution is 9.10. The van der Waals surface area contributed by atoms with E-state index in [1.165, 1.54) is 13.2 Å². The molecule has 1 N–H and O–H groups in total. The van der Waals surface area contributed by atoms with Gasteiger partial charge in [0.25, 0.3) is 0 Å². The van der Waals surface area contributed by atoms with E-state index in [1.54, 1.807) is 0 Å². The van der Waals surface area contributed by atoms with Crippen LogP contribution in [0.2, 0.25) is 0 Å². The number of amides is 1. The predicted molar refractivity (Wildman–Crippen MR) is 73.5 cm³/mol. The number of carbonyl (C=O) groups is 3. The van der Waals surface area contributed by atoms with Gasteiger partial charge >= 0.3 is 11.9 Å². The molecule has 1 amide bonds. The minimum atomic E-state index is -1.36. The lowest BCUT2D eigenvalue weighted by atomic mass is 10.1. The Morgan fingerprint density at radius 3 is 2.71 bits per heavy atom. The zero-order valence-corrected chi connectivity index (χ0v) is 12.5. The van der Waals surface area contributed by atoms with Crippen LogP contribution in [0.15, 0.2) is 16.6 Å². The van der Waals surface area contributed by atoms with Crippen LogP contribution in [0.1, 0.15) is 16.8 Å². The molecule has 1 aliphatic heterocycles. The van der Waals surface area contributed by atoms with E-state index in [0.29, 0.717) is 0 Å². The lowest BCUT2D eigenvalue weighted by Crippen LogP contribution is -2.28. The Bertz CT molecular complexity index is 633. The molecule has 6 nitrogen and oxygen atoms in total. The van der Waals surface area contributed by atoms with Gasteiger partial charge in [0.05, 0.1) is 28.8 Å². The molecule has 112 valence electrons. The number of carboxylic acid groups (broad SMARTS) is 1. The minimum absolute atomic E-state index is 0.00383. The summed E-state index contributed by atoms with van der Waals surface area (Å²) in [6, 6.07) is 2.05. The number of anilines is 1. The summed E-state index contributed by atoms with van der Waals surface area (Å²) < 4.78 is 18.1. The SMILES string of the molecule is COC(=O)C1CC(=O)N(c2cc(Br)c(F)cc2C(=O)O)C1. The van der Waals surface area contributed by atoms with Crippen LogP contribution >= 0.6 is 15.9 Å². The summed E-state index contributed by atoms with van der Waals surface area (Å²) in [5.41, 5.74) is -0.290. The molecule has 1 unspecified atom stereocenters. The molecule has 0 spiro atoms. The molecule has 1 heterocycles. The van der Waals surface area contributed by atoms with E-state index in [2.05, 4.69) is 20.7 Å². The van der Waals surface area contributed by atoms with Gasteiger partial charge in [-0.1, -0.05) is 0 Å². The quantitative estimate of drug-likeness (QED) is 0.832. The topological polar surface area (TPSA) is 83.9 Å². The van der Waals surface area contributed by atoms with Crippen molar-refractivity contribution in [3.8, 4) is 0 Å². The number of halogens is 2. The smallest absolute Gasteiger partial charge is 0.337 e. The highest BCUT2D eigenvalue weighted by atomic mass is 79.9. The summed E-state index contributed by atoms with van der Waals surface area (Å²) >= 11 is 2.96. The number of hydrogen-bond acceptors (Lipinski definition) is 4. The van der Waals surface area contributed by atoms with E-state index in [0.717, 1.165) is 11.0 Å². The van der Waals surface area contributed by atoms with Crippen LogP contribution in [0.3, 0.4) is 0 Å². The standard InChI is InChI=1S/C13H11BrFNO5/c1-21-13(20)6-2-11(17)16(5-6)10-4-8(14)9(15)3-7(10)12(18)19/h3-4,6H,2,5H2,1H3,(H,18,19). The van der Waals surface area contributed by atoms with Gasteiger partial charge in [0.2, 0.25) is 5.91 Å². The lowest BCUT2D eigenvalue weighted by molar-refractivity contribution is -0.145. The number of ether oxygens (including phenoxy) is 1. The molecule has 0 bridgehead atoms. The lowest BCUT2D eigenvalue weighted by Gasteiger charge is -2.19. The number of esters is 1. The first-order chi connectivity index (χ1) is 9.85. The van der Waals surface area contributed by atoms with Crippen LogP contribution in [0.5, 0.6) is 0 Å². The van der Waals surface area contributed by atoms with Crippen molar-refractivity contribution in [3.05, 3.63) is 28.0 Å². The van der Waals surface area contributed by atoms with Gasteiger partial charge in [-0.3, -0.25) is 9.59 Å². The van der Waals surface area contributed by atoms with Crippen LogP contribution in [0.25, 0.3) is 0 Å². The third-order valence-electron chi connectivity index (χ3n) is 3.22. The van der Waals surface area contributed by atoms with Crippen LogP contribution in [0, 0.1) is 11.7 Å². The average Bonchev–Trinajstić information content (AvgIpc) is 2.82. The van der Waals surface area contributed by atoms with E-state index in [-0.39, 0.29) is 28.7 Å². The number of benzene rings is 1. The summed E-state index contributed by atoms with van der Waals surface area (Å²) in [7, 11) is 1.21. The van der Waals surface area contributed by atoms with Crippen LogP contribution in [0.4, 0.5) is 10.1 Å². The minimum Gasteiger partial charge on any atom is -0.478 e. The van der Waals surface area contributed by atoms with Crippen molar-refractivity contribution < 1.29 is 28.6 Å². The molecule has 0 aliphatic carbocycles. The van der Waals surface area contributed by atoms with Crippen molar-refractivity contribution in [2.75, 3.05) is 18.6 Å². The number of aromatic carboxylic acids is 1. The Kier molecular flexibility index (Phi) is 4.26. The number of rotatable bonds is 3. The Balaban J connectivity index is 2.42. The van der Waals surface area contributed by atoms with E-state index in [1.807, 2.05) is 0 Å². The summed E-state index contributed by atoms with van der Waals surface area (Å²) in [6.45, 7) is 0.00383. The molecule has 1 aliphatic rings. The molecule has 0 aromatic heterocycles. The van der Waals surface area contributed by atoms with Gasteiger partial charge in [0, 0.05) is 13.0 Å². The molecule has 21 heavy (non-hydrogen) atoms. The Morgan fingerprint density at radius 1 is 1.48 bits per heavy atom. The van der Waals surface area contributed by atoms with Crippen molar-refractivity contribution in [1.82, 2.24) is 0 Å². The van der Waals surface area contributed by atoms with Crippen LogP contribution in [-0.4, -0.2) is 36.6 Å². The summed E-state index contributed by atoms with van der Waals surface area (Å²) in [4.78, 5) is 35.9. The third kappa shape index (κ3) is 2.90. The first-order valence-electron chi connectivity index (χ1n) is 5.95. The van der Waals surface area contributed by atoms with Gasteiger partial charge in [0.1, 0.15) is 5.82 Å². The number of carboxylic acids is 1.